The Morgan fingerprint density at radius 2 is 2.05 bits per heavy atom. The molecule has 0 saturated carbocycles. The van der Waals surface area contributed by atoms with Gasteiger partial charge in [0.05, 0.1) is 16.8 Å². The minimum atomic E-state index is 0.546. The van der Waals surface area contributed by atoms with Crippen molar-refractivity contribution in [3.63, 3.8) is 0 Å². The summed E-state index contributed by atoms with van der Waals surface area (Å²) in [6.45, 7) is 3.84. The van der Waals surface area contributed by atoms with Gasteiger partial charge < -0.3 is 0 Å². The van der Waals surface area contributed by atoms with Crippen molar-refractivity contribution >= 4 is 44.6 Å². The Hall–Kier alpha value is -1.72. The lowest BCUT2D eigenvalue weighted by Gasteiger charge is -2.01. The van der Waals surface area contributed by atoms with Gasteiger partial charge in [0.1, 0.15) is 5.69 Å². The van der Waals surface area contributed by atoms with E-state index in [1.54, 1.807) is 23.6 Å². The fourth-order valence-electron chi connectivity index (χ4n) is 1.98. The zero-order valence-corrected chi connectivity index (χ0v) is 12.2. The van der Waals surface area contributed by atoms with Crippen molar-refractivity contribution < 1.29 is 4.79 Å². The summed E-state index contributed by atoms with van der Waals surface area (Å²) in [6, 6.07) is 8.04. The largest absolute Gasteiger partial charge is 0.296 e. The second kappa shape index (κ2) is 4.75. The third-order valence-electron chi connectivity index (χ3n) is 2.84. The Kier molecular flexibility index (Phi) is 3.08. The van der Waals surface area contributed by atoms with Gasteiger partial charge in [-0.25, -0.2) is 4.98 Å². The van der Waals surface area contributed by atoms with E-state index < -0.39 is 0 Å². The first-order valence-electron chi connectivity index (χ1n) is 5.58. The van der Waals surface area contributed by atoms with Crippen molar-refractivity contribution in [2.45, 2.75) is 0 Å². The number of rotatable bonds is 3. The normalized spacial score (nSPS) is 10.8. The third kappa shape index (κ3) is 1.95. The predicted molar refractivity (Wildman–Crippen MR) is 81.7 cm³/mol. The second-order valence-corrected chi connectivity index (χ2v) is 5.84. The lowest BCUT2D eigenvalue weighted by atomic mass is 10.1. The van der Waals surface area contributed by atoms with Gasteiger partial charge in [0, 0.05) is 4.47 Å². The maximum atomic E-state index is 11.0. The molecule has 3 aromatic rings. The van der Waals surface area contributed by atoms with Crippen LogP contribution in [0.1, 0.15) is 16.2 Å². The van der Waals surface area contributed by atoms with Gasteiger partial charge in [0.25, 0.3) is 0 Å². The highest BCUT2D eigenvalue weighted by Crippen LogP contribution is 2.34. The molecule has 2 aromatic heterocycles. The molecule has 0 aliphatic rings. The van der Waals surface area contributed by atoms with E-state index in [9.17, 15) is 4.79 Å². The van der Waals surface area contributed by atoms with E-state index in [1.807, 2.05) is 28.7 Å². The zero-order valence-electron chi connectivity index (χ0n) is 9.84. The molecule has 2 heterocycles. The quantitative estimate of drug-likeness (QED) is 0.671. The SMILES string of the molecule is C=Cc1c(-c2ccc(Br)cc2)sc2ncc(C=O)n12. The number of fused-ring (bicyclic) bond motifs is 1. The van der Waals surface area contributed by atoms with Crippen molar-refractivity contribution in [3.8, 4) is 10.4 Å². The van der Waals surface area contributed by atoms with Crippen LogP contribution in [0.25, 0.3) is 21.5 Å². The van der Waals surface area contributed by atoms with Crippen LogP contribution in [0.5, 0.6) is 0 Å². The minimum Gasteiger partial charge on any atom is -0.296 e. The molecular weight excluding hydrogens is 324 g/mol. The molecule has 5 heteroatoms. The predicted octanol–water partition coefficient (Wildman–Crippen LogP) is 4.28. The van der Waals surface area contributed by atoms with Crippen LogP contribution in [-0.2, 0) is 0 Å². The van der Waals surface area contributed by atoms with Crippen LogP contribution in [0, 0.1) is 0 Å². The molecule has 0 radical (unpaired) electrons. The van der Waals surface area contributed by atoms with Crippen LogP contribution < -0.4 is 0 Å². The summed E-state index contributed by atoms with van der Waals surface area (Å²) in [5.74, 6) is 0. The summed E-state index contributed by atoms with van der Waals surface area (Å²) in [5, 5.41) is 0. The smallest absolute Gasteiger partial charge is 0.195 e. The molecule has 0 saturated heterocycles. The summed E-state index contributed by atoms with van der Waals surface area (Å²) in [6.07, 6.45) is 4.15. The van der Waals surface area contributed by atoms with E-state index in [0.717, 1.165) is 31.9 Å². The van der Waals surface area contributed by atoms with Crippen molar-refractivity contribution in [2.75, 3.05) is 0 Å². The summed E-state index contributed by atoms with van der Waals surface area (Å²) in [5.41, 5.74) is 2.54. The van der Waals surface area contributed by atoms with E-state index >= 15 is 0 Å². The Balaban J connectivity index is 2.29. The van der Waals surface area contributed by atoms with Crippen molar-refractivity contribution in [1.29, 1.82) is 0 Å². The number of imidazole rings is 1. The molecule has 0 bridgehead atoms. The Morgan fingerprint density at radius 1 is 1.32 bits per heavy atom. The third-order valence-corrected chi connectivity index (χ3v) is 4.49. The molecule has 0 atom stereocenters. The molecule has 0 unspecified atom stereocenters. The first-order valence-corrected chi connectivity index (χ1v) is 7.19. The van der Waals surface area contributed by atoms with E-state index in [-0.39, 0.29) is 0 Å². The van der Waals surface area contributed by atoms with Crippen molar-refractivity contribution in [2.24, 2.45) is 0 Å². The highest BCUT2D eigenvalue weighted by Gasteiger charge is 2.15. The number of carbonyl (C=O) groups is 1. The van der Waals surface area contributed by atoms with Gasteiger partial charge in [-0.15, -0.1) is 0 Å². The maximum Gasteiger partial charge on any atom is 0.195 e. The number of hydrogen-bond donors (Lipinski definition) is 0. The van der Waals surface area contributed by atoms with Crippen LogP contribution in [-0.4, -0.2) is 15.7 Å². The Morgan fingerprint density at radius 3 is 2.68 bits per heavy atom. The molecule has 3 rings (SSSR count). The van der Waals surface area contributed by atoms with Crippen molar-refractivity contribution in [1.82, 2.24) is 9.38 Å². The number of benzene rings is 1. The standard InChI is InChI=1S/C14H9BrN2OS/c1-2-12-13(9-3-5-10(15)6-4-9)19-14-16-7-11(8-18)17(12)14/h2-8H,1H2. The molecule has 0 amide bonds. The first-order chi connectivity index (χ1) is 9.24. The molecule has 1 aromatic carbocycles. The summed E-state index contributed by atoms with van der Waals surface area (Å²) in [4.78, 5) is 17.2. The first kappa shape index (κ1) is 12.3. The van der Waals surface area contributed by atoms with Crippen LogP contribution in [0.4, 0.5) is 0 Å². The fourth-order valence-corrected chi connectivity index (χ4v) is 3.36. The summed E-state index contributed by atoms with van der Waals surface area (Å²) in [7, 11) is 0. The number of thiazole rings is 1. The van der Waals surface area contributed by atoms with Gasteiger partial charge >= 0.3 is 0 Å². The Bertz CT molecular complexity index is 771. The van der Waals surface area contributed by atoms with Crippen LogP contribution >= 0.6 is 27.3 Å². The topological polar surface area (TPSA) is 34.4 Å². The lowest BCUT2D eigenvalue weighted by molar-refractivity contribution is 0.111. The number of hydrogen-bond acceptors (Lipinski definition) is 3. The van der Waals surface area contributed by atoms with Crippen molar-refractivity contribution in [3.05, 3.63) is 52.9 Å². The fraction of sp³-hybridized carbons (Fsp3) is 0. The molecular formula is C14H9BrN2OS. The minimum absolute atomic E-state index is 0.546. The van der Waals surface area contributed by atoms with Gasteiger partial charge in [0.2, 0.25) is 0 Å². The number of halogens is 1. The van der Waals surface area contributed by atoms with Crippen LogP contribution in [0.3, 0.4) is 0 Å². The molecule has 0 aliphatic heterocycles. The number of aldehydes is 1. The highest BCUT2D eigenvalue weighted by molar-refractivity contribution is 9.10. The Labute approximate surface area is 122 Å². The van der Waals surface area contributed by atoms with Gasteiger partial charge in [-0.1, -0.05) is 46.0 Å². The molecule has 94 valence electrons. The average Bonchev–Trinajstić information content (AvgIpc) is 2.97. The molecule has 3 nitrogen and oxygen atoms in total. The van der Waals surface area contributed by atoms with E-state index in [2.05, 4.69) is 27.5 Å². The average molecular weight is 333 g/mol. The monoisotopic (exact) mass is 332 g/mol. The summed E-state index contributed by atoms with van der Waals surface area (Å²) >= 11 is 4.97. The van der Waals surface area contributed by atoms with E-state index in [1.165, 1.54) is 0 Å². The van der Waals surface area contributed by atoms with Gasteiger partial charge in [-0.3, -0.25) is 9.20 Å². The van der Waals surface area contributed by atoms with Gasteiger partial charge in [0.15, 0.2) is 11.2 Å². The molecule has 0 fully saturated rings. The molecule has 0 spiro atoms. The van der Waals surface area contributed by atoms with Gasteiger partial charge in [-0.2, -0.15) is 0 Å². The van der Waals surface area contributed by atoms with Gasteiger partial charge in [-0.05, 0) is 23.8 Å². The second-order valence-electron chi connectivity index (χ2n) is 3.95. The lowest BCUT2D eigenvalue weighted by Crippen LogP contribution is -1.91. The van der Waals surface area contributed by atoms with Crippen LogP contribution in [0.15, 0.2) is 41.5 Å². The number of nitrogens with zero attached hydrogens (tertiary/aromatic N) is 2. The molecule has 19 heavy (non-hydrogen) atoms. The maximum absolute atomic E-state index is 11.0. The number of aromatic nitrogens is 2. The van der Waals surface area contributed by atoms with E-state index in [0.29, 0.717) is 5.69 Å². The van der Waals surface area contributed by atoms with Crippen LogP contribution in [0.2, 0.25) is 0 Å². The number of carbonyl (C=O) groups excluding carboxylic acids is 1. The van der Waals surface area contributed by atoms with E-state index in [4.69, 9.17) is 0 Å². The zero-order chi connectivity index (χ0) is 13.4. The molecule has 0 N–H and O–H groups in total. The molecule has 0 aliphatic carbocycles. The summed E-state index contributed by atoms with van der Waals surface area (Å²) < 4.78 is 2.87. The highest BCUT2D eigenvalue weighted by atomic mass is 79.9.